The van der Waals surface area contributed by atoms with Gasteiger partial charge in [-0.25, -0.2) is 0 Å². The Balaban J connectivity index is 1.55. The minimum Gasteiger partial charge on any atom is -0.377 e. The molecule has 0 saturated heterocycles. The maximum Gasteiger partial charge on any atom is 0.235 e. The molecule has 2 unspecified atom stereocenters. The zero-order valence-electron chi connectivity index (χ0n) is 16.1. The molecular formula is C21H22N6O3. The predicted molar refractivity (Wildman–Crippen MR) is 107 cm³/mol. The maximum atomic E-state index is 10.6. The number of benzene rings is 2. The number of nitrogens with two attached hydrogens (primary N) is 2. The average molecular weight is 406 g/mol. The van der Waals surface area contributed by atoms with Crippen LogP contribution in [-0.4, -0.2) is 38.5 Å². The van der Waals surface area contributed by atoms with E-state index in [-0.39, 0.29) is 36.6 Å². The van der Waals surface area contributed by atoms with Gasteiger partial charge in [-0.3, -0.25) is 0 Å². The van der Waals surface area contributed by atoms with Gasteiger partial charge in [-0.15, -0.1) is 0 Å². The van der Waals surface area contributed by atoms with Gasteiger partial charge < -0.3 is 25.6 Å². The van der Waals surface area contributed by atoms with Gasteiger partial charge in [-0.1, -0.05) is 71.0 Å². The molecule has 0 fully saturated rings. The van der Waals surface area contributed by atoms with Crippen LogP contribution >= 0.6 is 0 Å². The first-order valence-electron chi connectivity index (χ1n) is 9.56. The van der Waals surface area contributed by atoms with Gasteiger partial charge in [0.15, 0.2) is 6.10 Å². The molecule has 0 bridgehead atoms. The Bertz CT molecular complexity index is 981. The number of hydrogen-bond acceptors (Lipinski definition) is 9. The second-order valence-electron chi connectivity index (χ2n) is 6.78. The first kappa shape index (κ1) is 19.9. The summed E-state index contributed by atoms with van der Waals surface area (Å²) in [7, 11) is 0. The molecule has 2 atom stereocenters. The molecule has 0 amide bonds. The smallest absolute Gasteiger partial charge is 0.235 e. The van der Waals surface area contributed by atoms with Gasteiger partial charge in [-0.2, -0.15) is 9.97 Å². The first-order valence-corrected chi connectivity index (χ1v) is 9.56. The van der Waals surface area contributed by atoms with Crippen molar-refractivity contribution in [3.05, 3.63) is 95.2 Å². The fourth-order valence-electron chi connectivity index (χ4n) is 3.24. The molecule has 2 heterocycles. The van der Waals surface area contributed by atoms with Crippen LogP contribution in [0.2, 0.25) is 0 Å². The zero-order chi connectivity index (χ0) is 20.9. The minimum absolute atomic E-state index is 0.0377. The van der Waals surface area contributed by atoms with E-state index in [2.05, 4.69) is 20.3 Å². The lowest BCUT2D eigenvalue weighted by atomic mass is 9.99. The van der Waals surface area contributed by atoms with E-state index in [9.17, 15) is 5.11 Å². The average Bonchev–Trinajstić information content (AvgIpc) is 3.47. The van der Waals surface area contributed by atoms with Gasteiger partial charge in [0.05, 0.1) is 11.8 Å². The normalized spacial score (nSPS) is 14.4. The molecule has 0 radical (unpaired) electrons. The van der Waals surface area contributed by atoms with Crippen LogP contribution in [0.3, 0.4) is 0 Å². The standard InChI is InChI=1S/C21H22N6O3/c22-11-15(13-7-3-1-4-8-13)20-24-18(26-29-20)17(28)19-25-21(30-27-19)16(12-23)14-9-5-2-6-10-14/h1-10,15-17,28H,11-12,22-23H2. The van der Waals surface area contributed by atoms with Gasteiger partial charge in [0, 0.05) is 13.1 Å². The second-order valence-corrected chi connectivity index (χ2v) is 6.78. The quantitative estimate of drug-likeness (QED) is 0.397. The predicted octanol–water partition coefficient (Wildman–Crippen LogP) is 1.72. The highest BCUT2D eigenvalue weighted by Crippen LogP contribution is 2.27. The number of aliphatic hydroxyl groups excluding tert-OH is 1. The molecule has 30 heavy (non-hydrogen) atoms. The zero-order valence-corrected chi connectivity index (χ0v) is 16.1. The molecule has 0 aliphatic heterocycles. The van der Waals surface area contributed by atoms with Gasteiger partial charge in [0.25, 0.3) is 0 Å². The highest BCUT2D eigenvalue weighted by molar-refractivity contribution is 5.26. The van der Waals surface area contributed by atoms with Crippen molar-refractivity contribution in [2.75, 3.05) is 13.1 Å². The third-order valence-electron chi connectivity index (χ3n) is 4.88. The van der Waals surface area contributed by atoms with Crippen LogP contribution in [0.1, 0.15) is 52.5 Å². The first-order chi connectivity index (χ1) is 14.7. The molecule has 0 aliphatic carbocycles. The Labute approximate surface area is 172 Å². The van der Waals surface area contributed by atoms with Gasteiger partial charge in [0.1, 0.15) is 0 Å². The van der Waals surface area contributed by atoms with Crippen molar-refractivity contribution in [1.29, 1.82) is 0 Å². The molecule has 9 heteroatoms. The summed E-state index contributed by atoms with van der Waals surface area (Å²) in [5, 5.41) is 18.4. The number of hydrogen-bond donors (Lipinski definition) is 3. The van der Waals surface area contributed by atoms with Gasteiger partial charge in [-0.05, 0) is 11.1 Å². The Morgan fingerprint density at radius 3 is 1.47 bits per heavy atom. The highest BCUT2D eigenvalue weighted by atomic mass is 16.5. The summed E-state index contributed by atoms with van der Waals surface area (Å²) in [4.78, 5) is 8.62. The van der Waals surface area contributed by atoms with E-state index in [4.69, 9.17) is 20.5 Å². The molecule has 9 nitrogen and oxygen atoms in total. The fourth-order valence-corrected chi connectivity index (χ4v) is 3.24. The van der Waals surface area contributed by atoms with E-state index in [1.165, 1.54) is 0 Å². The molecule has 5 N–H and O–H groups in total. The minimum atomic E-state index is -1.30. The molecule has 0 aliphatic rings. The molecule has 2 aromatic carbocycles. The van der Waals surface area contributed by atoms with E-state index >= 15 is 0 Å². The van der Waals surface area contributed by atoms with Crippen molar-refractivity contribution in [2.24, 2.45) is 11.5 Å². The molecule has 4 aromatic rings. The Morgan fingerprint density at radius 1 is 0.700 bits per heavy atom. The molecular weight excluding hydrogens is 384 g/mol. The summed E-state index contributed by atoms with van der Waals surface area (Å²) in [5.41, 5.74) is 13.7. The fraction of sp³-hybridized carbons (Fsp3) is 0.238. The number of rotatable bonds is 8. The third-order valence-corrected chi connectivity index (χ3v) is 4.88. The van der Waals surface area contributed by atoms with Crippen molar-refractivity contribution in [2.45, 2.75) is 17.9 Å². The van der Waals surface area contributed by atoms with E-state index in [0.717, 1.165) is 11.1 Å². The van der Waals surface area contributed by atoms with Crippen LogP contribution in [0.4, 0.5) is 0 Å². The van der Waals surface area contributed by atoms with Crippen molar-refractivity contribution in [3.8, 4) is 0 Å². The number of aliphatic hydroxyl groups is 1. The topological polar surface area (TPSA) is 150 Å². The van der Waals surface area contributed by atoms with E-state index in [1.807, 2.05) is 60.7 Å². The molecule has 2 aromatic heterocycles. The molecule has 154 valence electrons. The van der Waals surface area contributed by atoms with Crippen LogP contribution in [0.25, 0.3) is 0 Å². The van der Waals surface area contributed by atoms with Gasteiger partial charge in [0.2, 0.25) is 23.4 Å². The van der Waals surface area contributed by atoms with Gasteiger partial charge >= 0.3 is 0 Å². The lowest BCUT2D eigenvalue weighted by Crippen LogP contribution is -2.15. The summed E-state index contributed by atoms with van der Waals surface area (Å²) < 4.78 is 10.7. The summed E-state index contributed by atoms with van der Waals surface area (Å²) in [5.74, 6) is 0.142. The van der Waals surface area contributed by atoms with Crippen LogP contribution in [0, 0.1) is 0 Å². The molecule has 0 spiro atoms. The lowest BCUT2D eigenvalue weighted by Gasteiger charge is -2.10. The van der Waals surface area contributed by atoms with Crippen molar-refractivity contribution in [3.63, 3.8) is 0 Å². The number of nitrogens with zero attached hydrogens (tertiary/aromatic N) is 4. The number of aromatic nitrogens is 4. The van der Waals surface area contributed by atoms with Crippen molar-refractivity contribution < 1.29 is 14.2 Å². The second kappa shape index (κ2) is 8.95. The van der Waals surface area contributed by atoms with Crippen LogP contribution in [-0.2, 0) is 0 Å². The van der Waals surface area contributed by atoms with E-state index in [1.54, 1.807) is 0 Å². The van der Waals surface area contributed by atoms with Crippen molar-refractivity contribution >= 4 is 0 Å². The van der Waals surface area contributed by atoms with Crippen molar-refractivity contribution in [1.82, 2.24) is 20.3 Å². The summed E-state index contributed by atoms with van der Waals surface area (Å²) >= 11 is 0. The Hall–Kier alpha value is -3.40. The highest BCUT2D eigenvalue weighted by Gasteiger charge is 2.28. The Morgan fingerprint density at radius 2 is 1.10 bits per heavy atom. The van der Waals surface area contributed by atoms with Crippen LogP contribution in [0.15, 0.2) is 69.7 Å². The maximum absolute atomic E-state index is 10.6. The lowest BCUT2D eigenvalue weighted by molar-refractivity contribution is 0.189. The molecule has 0 saturated carbocycles. The summed E-state index contributed by atoms with van der Waals surface area (Å²) in [6.45, 7) is 0.562. The summed E-state index contributed by atoms with van der Waals surface area (Å²) in [6, 6.07) is 19.2. The monoisotopic (exact) mass is 406 g/mol. The van der Waals surface area contributed by atoms with E-state index in [0.29, 0.717) is 11.8 Å². The molecule has 4 rings (SSSR count). The van der Waals surface area contributed by atoms with Crippen LogP contribution < -0.4 is 11.5 Å². The van der Waals surface area contributed by atoms with Crippen LogP contribution in [0.5, 0.6) is 0 Å². The Kier molecular flexibility index (Phi) is 5.94. The largest absolute Gasteiger partial charge is 0.377 e. The summed E-state index contributed by atoms with van der Waals surface area (Å²) in [6.07, 6.45) is -1.30. The van der Waals surface area contributed by atoms with E-state index < -0.39 is 6.10 Å². The third kappa shape index (κ3) is 3.99. The SMILES string of the molecule is NCC(c1ccccc1)c1nc(C(O)c2noc(C(CN)c3ccccc3)n2)no1.